The first-order chi connectivity index (χ1) is 7.29. The lowest BCUT2D eigenvalue weighted by atomic mass is 10.1. The van der Waals surface area contributed by atoms with E-state index in [0.717, 1.165) is 16.1 Å². The standard InChI is InChI=1S/C13H19ClOS/c1-9-5-6-10(7-11(9)14)12(15)8-16-13(2,3)4/h5-7,12,15H,8H2,1-4H3. The van der Waals surface area contributed by atoms with Gasteiger partial charge >= 0.3 is 0 Å². The van der Waals surface area contributed by atoms with Gasteiger partial charge in [0, 0.05) is 15.5 Å². The summed E-state index contributed by atoms with van der Waals surface area (Å²) in [6.07, 6.45) is -0.442. The van der Waals surface area contributed by atoms with Crippen molar-refractivity contribution in [2.24, 2.45) is 0 Å². The molecule has 1 atom stereocenters. The minimum absolute atomic E-state index is 0.176. The highest BCUT2D eigenvalue weighted by Gasteiger charge is 2.15. The SMILES string of the molecule is Cc1ccc(C(O)CSC(C)(C)C)cc1Cl. The van der Waals surface area contributed by atoms with Gasteiger partial charge in [0.05, 0.1) is 6.10 Å². The van der Waals surface area contributed by atoms with Gasteiger partial charge in [0.15, 0.2) is 0 Å². The van der Waals surface area contributed by atoms with Crippen molar-refractivity contribution >= 4 is 23.4 Å². The third-order valence-corrected chi connectivity index (χ3v) is 4.01. The molecule has 0 bridgehead atoms. The van der Waals surface area contributed by atoms with Gasteiger partial charge in [0.1, 0.15) is 0 Å². The van der Waals surface area contributed by atoms with E-state index in [1.54, 1.807) is 11.8 Å². The van der Waals surface area contributed by atoms with Crippen LogP contribution in [0.5, 0.6) is 0 Å². The lowest BCUT2D eigenvalue weighted by molar-refractivity contribution is 0.204. The van der Waals surface area contributed by atoms with Crippen molar-refractivity contribution in [1.29, 1.82) is 0 Å². The van der Waals surface area contributed by atoms with Gasteiger partial charge in [-0.25, -0.2) is 0 Å². The van der Waals surface area contributed by atoms with Crippen LogP contribution in [0.4, 0.5) is 0 Å². The van der Waals surface area contributed by atoms with E-state index in [4.69, 9.17) is 11.6 Å². The smallest absolute Gasteiger partial charge is 0.0881 e. The number of thioether (sulfide) groups is 1. The summed E-state index contributed by atoms with van der Waals surface area (Å²) in [6, 6.07) is 5.74. The maximum Gasteiger partial charge on any atom is 0.0881 e. The monoisotopic (exact) mass is 258 g/mol. The Hall–Kier alpha value is -0.180. The normalized spacial score (nSPS) is 13.9. The van der Waals surface area contributed by atoms with Crippen LogP contribution in [0.15, 0.2) is 18.2 Å². The van der Waals surface area contributed by atoms with Crippen LogP contribution in [0.25, 0.3) is 0 Å². The van der Waals surface area contributed by atoms with E-state index >= 15 is 0 Å². The predicted molar refractivity (Wildman–Crippen MR) is 73.4 cm³/mol. The first-order valence-electron chi connectivity index (χ1n) is 5.37. The first-order valence-corrected chi connectivity index (χ1v) is 6.74. The molecule has 0 amide bonds. The Morgan fingerprint density at radius 2 is 2.00 bits per heavy atom. The molecule has 0 aromatic heterocycles. The Morgan fingerprint density at radius 1 is 1.38 bits per heavy atom. The van der Waals surface area contributed by atoms with Crippen molar-refractivity contribution in [2.45, 2.75) is 38.5 Å². The largest absolute Gasteiger partial charge is 0.388 e. The second-order valence-corrected chi connectivity index (χ2v) is 7.20. The van der Waals surface area contributed by atoms with Crippen LogP contribution in [0, 0.1) is 6.92 Å². The van der Waals surface area contributed by atoms with Gasteiger partial charge in [-0.1, -0.05) is 44.5 Å². The van der Waals surface area contributed by atoms with E-state index in [9.17, 15) is 5.11 Å². The molecular weight excluding hydrogens is 240 g/mol. The van der Waals surface area contributed by atoms with Gasteiger partial charge < -0.3 is 5.11 Å². The highest BCUT2D eigenvalue weighted by Crippen LogP contribution is 2.29. The van der Waals surface area contributed by atoms with Crippen molar-refractivity contribution < 1.29 is 5.11 Å². The molecule has 1 aromatic carbocycles. The number of aryl methyl sites for hydroxylation is 1. The van der Waals surface area contributed by atoms with E-state index in [0.29, 0.717) is 5.75 Å². The Morgan fingerprint density at radius 3 is 2.50 bits per heavy atom. The minimum atomic E-state index is -0.442. The summed E-state index contributed by atoms with van der Waals surface area (Å²) in [5, 5.41) is 10.7. The number of aliphatic hydroxyl groups is 1. The van der Waals surface area contributed by atoms with Gasteiger partial charge in [-0.15, -0.1) is 0 Å². The van der Waals surface area contributed by atoms with Gasteiger partial charge in [0.2, 0.25) is 0 Å². The number of benzene rings is 1. The molecule has 90 valence electrons. The summed E-state index contributed by atoms with van der Waals surface area (Å²) >= 11 is 7.78. The van der Waals surface area contributed by atoms with Crippen molar-refractivity contribution in [2.75, 3.05) is 5.75 Å². The number of hydrogen-bond donors (Lipinski definition) is 1. The average Bonchev–Trinajstić information content (AvgIpc) is 2.17. The molecule has 0 aliphatic heterocycles. The second-order valence-electron chi connectivity index (χ2n) is 4.95. The molecule has 1 unspecified atom stereocenters. The van der Waals surface area contributed by atoms with E-state index in [1.807, 2.05) is 25.1 Å². The van der Waals surface area contributed by atoms with Crippen LogP contribution in [-0.2, 0) is 0 Å². The Balaban J connectivity index is 2.66. The molecule has 1 N–H and O–H groups in total. The number of aliphatic hydroxyl groups excluding tert-OH is 1. The average molecular weight is 259 g/mol. The zero-order chi connectivity index (χ0) is 12.3. The molecule has 0 fully saturated rings. The number of hydrogen-bond acceptors (Lipinski definition) is 2. The summed E-state index contributed by atoms with van der Waals surface area (Å²) in [4.78, 5) is 0. The van der Waals surface area contributed by atoms with E-state index in [2.05, 4.69) is 20.8 Å². The van der Waals surface area contributed by atoms with Crippen LogP contribution >= 0.6 is 23.4 Å². The van der Waals surface area contributed by atoms with E-state index < -0.39 is 6.10 Å². The lowest BCUT2D eigenvalue weighted by Crippen LogP contribution is -2.12. The topological polar surface area (TPSA) is 20.2 Å². The van der Waals surface area contributed by atoms with E-state index in [1.165, 1.54) is 0 Å². The first kappa shape index (κ1) is 13.9. The minimum Gasteiger partial charge on any atom is -0.388 e. The molecular formula is C13H19ClOS. The van der Waals surface area contributed by atoms with Crippen molar-refractivity contribution in [3.05, 3.63) is 34.3 Å². The van der Waals surface area contributed by atoms with Crippen molar-refractivity contribution in [3.63, 3.8) is 0 Å². The van der Waals surface area contributed by atoms with Crippen LogP contribution in [-0.4, -0.2) is 15.6 Å². The number of rotatable bonds is 3. The molecule has 0 heterocycles. The molecule has 0 saturated carbocycles. The fourth-order valence-electron chi connectivity index (χ4n) is 1.24. The van der Waals surface area contributed by atoms with Gasteiger partial charge in [-0.2, -0.15) is 11.8 Å². The quantitative estimate of drug-likeness (QED) is 0.876. The van der Waals surface area contributed by atoms with Crippen LogP contribution in [0.1, 0.15) is 38.0 Å². The molecule has 1 nitrogen and oxygen atoms in total. The van der Waals surface area contributed by atoms with Crippen molar-refractivity contribution in [1.82, 2.24) is 0 Å². The highest BCUT2D eigenvalue weighted by atomic mass is 35.5. The van der Waals surface area contributed by atoms with Crippen LogP contribution in [0.3, 0.4) is 0 Å². The molecule has 16 heavy (non-hydrogen) atoms. The molecule has 0 aliphatic carbocycles. The maximum absolute atomic E-state index is 10.0. The molecule has 0 radical (unpaired) electrons. The van der Waals surface area contributed by atoms with Crippen molar-refractivity contribution in [3.8, 4) is 0 Å². The van der Waals surface area contributed by atoms with Gasteiger partial charge in [-0.05, 0) is 24.1 Å². The summed E-state index contributed by atoms with van der Waals surface area (Å²) < 4.78 is 0.176. The second kappa shape index (κ2) is 5.44. The lowest BCUT2D eigenvalue weighted by Gasteiger charge is -2.20. The zero-order valence-corrected chi connectivity index (χ0v) is 11.8. The third kappa shape index (κ3) is 4.36. The zero-order valence-electron chi connectivity index (χ0n) is 10.2. The Labute approximate surface area is 107 Å². The highest BCUT2D eigenvalue weighted by molar-refractivity contribution is 8.00. The summed E-state index contributed by atoms with van der Waals surface area (Å²) in [5.41, 5.74) is 1.94. The molecule has 1 aromatic rings. The van der Waals surface area contributed by atoms with Crippen LogP contribution < -0.4 is 0 Å². The summed E-state index contributed by atoms with van der Waals surface area (Å²) in [5.74, 6) is 0.697. The summed E-state index contributed by atoms with van der Waals surface area (Å²) in [6.45, 7) is 8.40. The van der Waals surface area contributed by atoms with Gasteiger partial charge in [0.25, 0.3) is 0 Å². The molecule has 0 saturated heterocycles. The van der Waals surface area contributed by atoms with Gasteiger partial charge in [-0.3, -0.25) is 0 Å². The Bertz CT molecular complexity index is 357. The number of halogens is 1. The molecule has 1 rings (SSSR count). The van der Waals surface area contributed by atoms with E-state index in [-0.39, 0.29) is 4.75 Å². The fraction of sp³-hybridized carbons (Fsp3) is 0.538. The molecule has 0 spiro atoms. The molecule has 0 aliphatic rings. The third-order valence-electron chi connectivity index (χ3n) is 2.25. The Kier molecular flexibility index (Phi) is 4.72. The fourth-order valence-corrected chi connectivity index (χ4v) is 2.28. The molecule has 3 heteroatoms. The predicted octanol–water partition coefficient (Wildman–Crippen LogP) is 4.21. The summed E-state index contributed by atoms with van der Waals surface area (Å²) in [7, 11) is 0. The van der Waals surface area contributed by atoms with Crippen LogP contribution in [0.2, 0.25) is 5.02 Å². The maximum atomic E-state index is 10.0.